The smallest absolute Gasteiger partial charge is 0.174 e. The molecule has 0 aliphatic rings. The fourth-order valence-electron chi connectivity index (χ4n) is 2.40. The van der Waals surface area contributed by atoms with Gasteiger partial charge in [0.25, 0.3) is 0 Å². The molecule has 3 rings (SSSR count). The third-order valence-corrected chi connectivity index (χ3v) is 3.56. The van der Waals surface area contributed by atoms with Crippen molar-refractivity contribution < 1.29 is 9.47 Å². The zero-order valence-electron chi connectivity index (χ0n) is 13.5. The van der Waals surface area contributed by atoms with Gasteiger partial charge in [-0.05, 0) is 35.9 Å². The van der Waals surface area contributed by atoms with E-state index in [0.717, 1.165) is 16.6 Å². The van der Waals surface area contributed by atoms with E-state index >= 15 is 0 Å². The molecule has 0 spiro atoms. The molecule has 0 saturated heterocycles. The molecule has 3 aromatic rings. The number of allylic oxidation sites excluding steroid dienone is 1. The maximum Gasteiger partial charge on any atom is 0.174 e. The van der Waals surface area contributed by atoms with E-state index < -0.39 is 0 Å². The number of ether oxygens (including phenoxy) is 2. The van der Waals surface area contributed by atoms with E-state index in [1.54, 1.807) is 24.3 Å². The van der Waals surface area contributed by atoms with Crippen LogP contribution in [0.2, 0.25) is 0 Å². The lowest BCUT2D eigenvalue weighted by Crippen LogP contribution is -1.97. The fourth-order valence-corrected chi connectivity index (χ4v) is 2.40. The molecule has 25 heavy (non-hydrogen) atoms. The summed E-state index contributed by atoms with van der Waals surface area (Å²) in [5.41, 5.74) is 2.84. The summed E-state index contributed by atoms with van der Waals surface area (Å²) >= 11 is 0. The monoisotopic (exact) mass is 330 g/mol. The Balaban J connectivity index is 1.97. The van der Waals surface area contributed by atoms with Crippen molar-refractivity contribution in [3.05, 3.63) is 53.9 Å². The molecule has 0 aliphatic carbocycles. The standard InChI is InChI=1S/C19H14N4O2/c1-24-18-11-13(6-7-17(18)25-9-8-20)10-14(12-21)19-22-15-4-2-3-5-16(15)23-19/h2-7,10-11H,9H2,1H3,(H,22,23). The fraction of sp³-hybridized carbons (Fsp3) is 0.105. The van der Waals surface area contributed by atoms with Crippen molar-refractivity contribution in [2.24, 2.45) is 0 Å². The minimum Gasteiger partial charge on any atom is -0.493 e. The minimum atomic E-state index is -0.0615. The molecule has 2 aromatic carbocycles. The molecular weight excluding hydrogens is 316 g/mol. The van der Waals surface area contributed by atoms with Crippen molar-refractivity contribution >= 4 is 22.7 Å². The molecule has 0 aliphatic heterocycles. The number of rotatable bonds is 5. The van der Waals surface area contributed by atoms with Gasteiger partial charge in [-0.25, -0.2) is 4.98 Å². The van der Waals surface area contributed by atoms with Crippen LogP contribution in [0.5, 0.6) is 11.5 Å². The number of H-pyrrole nitrogens is 1. The van der Waals surface area contributed by atoms with E-state index in [1.165, 1.54) is 7.11 Å². The third kappa shape index (κ3) is 3.44. The van der Waals surface area contributed by atoms with E-state index in [4.69, 9.17) is 14.7 Å². The van der Waals surface area contributed by atoms with Crippen molar-refractivity contribution in [2.75, 3.05) is 13.7 Å². The lowest BCUT2D eigenvalue weighted by molar-refractivity contribution is 0.329. The van der Waals surface area contributed by atoms with Gasteiger partial charge in [0.15, 0.2) is 18.1 Å². The summed E-state index contributed by atoms with van der Waals surface area (Å²) in [7, 11) is 1.52. The predicted octanol–water partition coefficient (Wildman–Crippen LogP) is 3.54. The van der Waals surface area contributed by atoms with Crippen LogP contribution in [0.25, 0.3) is 22.7 Å². The molecule has 0 radical (unpaired) electrons. The van der Waals surface area contributed by atoms with Gasteiger partial charge in [-0.15, -0.1) is 0 Å². The highest BCUT2D eigenvalue weighted by Crippen LogP contribution is 2.29. The molecule has 0 amide bonds. The number of aromatic amines is 1. The van der Waals surface area contributed by atoms with Gasteiger partial charge >= 0.3 is 0 Å². The summed E-state index contributed by atoms with van der Waals surface area (Å²) in [5, 5.41) is 18.1. The number of nitrogens with one attached hydrogen (secondary N) is 1. The maximum absolute atomic E-state index is 9.49. The molecule has 0 saturated carbocycles. The van der Waals surface area contributed by atoms with Gasteiger partial charge in [0.05, 0.1) is 23.7 Å². The molecule has 6 nitrogen and oxygen atoms in total. The van der Waals surface area contributed by atoms with Gasteiger partial charge in [0.1, 0.15) is 18.0 Å². The Bertz CT molecular complexity index is 989. The number of para-hydroxylation sites is 2. The van der Waals surface area contributed by atoms with Crippen molar-refractivity contribution in [3.63, 3.8) is 0 Å². The van der Waals surface area contributed by atoms with E-state index in [0.29, 0.717) is 22.9 Å². The first-order valence-corrected chi connectivity index (χ1v) is 7.50. The number of imidazole rings is 1. The summed E-state index contributed by atoms with van der Waals surface area (Å²) in [6, 6.07) is 16.9. The van der Waals surface area contributed by atoms with Crippen LogP contribution in [-0.4, -0.2) is 23.7 Å². The van der Waals surface area contributed by atoms with Gasteiger partial charge in [-0.3, -0.25) is 0 Å². The first-order valence-electron chi connectivity index (χ1n) is 7.50. The maximum atomic E-state index is 9.49. The lowest BCUT2D eigenvalue weighted by Gasteiger charge is -2.09. The summed E-state index contributed by atoms with van der Waals surface area (Å²) in [6.45, 7) is -0.0615. The van der Waals surface area contributed by atoms with Crippen LogP contribution >= 0.6 is 0 Å². The summed E-state index contributed by atoms with van der Waals surface area (Å²) in [4.78, 5) is 7.58. The van der Waals surface area contributed by atoms with Crippen LogP contribution in [0, 0.1) is 22.7 Å². The molecule has 6 heteroatoms. The van der Waals surface area contributed by atoms with Crippen LogP contribution in [0.1, 0.15) is 11.4 Å². The van der Waals surface area contributed by atoms with E-state index in [2.05, 4.69) is 16.0 Å². The second-order valence-corrected chi connectivity index (χ2v) is 5.13. The molecule has 0 fully saturated rings. The average molecular weight is 330 g/mol. The Morgan fingerprint density at radius 3 is 2.76 bits per heavy atom. The molecule has 0 bridgehead atoms. The summed E-state index contributed by atoms with van der Waals surface area (Å²) in [6.07, 6.45) is 1.72. The second kappa shape index (κ2) is 7.20. The number of hydrogen-bond acceptors (Lipinski definition) is 5. The molecule has 1 aromatic heterocycles. The first kappa shape index (κ1) is 16.1. The molecule has 0 unspecified atom stereocenters. The van der Waals surface area contributed by atoms with E-state index in [-0.39, 0.29) is 6.61 Å². The quantitative estimate of drug-likeness (QED) is 0.722. The number of nitriles is 2. The third-order valence-electron chi connectivity index (χ3n) is 3.56. The Hall–Kier alpha value is -3.77. The first-order chi connectivity index (χ1) is 12.2. The molecule has 1 N–H and O–H groups in total. The van der Waals surface area contributed by atoms with Crippen molar-refractivity contribution in [1.82, 2.24) is 9.97 Å². The average Bonchev–Trinajstić information content (AvgIpc) is 3.08. The highest BCUT2D eigenvalue weighted by molar-refractivity contribution is 5.90. The van der Waals surface area contributed by atoms with Gasteiger partial charge in [0.2, 0.25) is 0 Å². The number of aromatic nitrogens is 2. The molecule has 122 valence electrons. The van der Waals surface area contributed by atoms with Gasteiger partial charge in [-0.1, -0.05) is 18.2 Å². The Kier molecular flexibility index (Phi) is 4.64. The van der Waals surface area contributed by atoms with Crippen LogP contribution in [0.4, 0.5) is 0 Å². The molecule has 1 heterocycles. The number of benzene rings is 2. The Morgan fingerprint density at radius 2 is 2.04 bits per heavy atom. The van der Waals surface area contributed by atoms with E-state index in [9.17, 15) is 5.26 Å². The highest BCUT2D eigenvalue weighted by Gasteiger charge is 2.09. The van der Waals surface area contributed by atoms with Crippen molar-refractivity contribution in [1.29, 1.82) is 10.5 Å². The number of fused-ring (bicyclic) bond motifs is 1. The summed E-state index contributed by atoms with van der Waals surface area (Å²) in [5.74, 6) is 1.47. The normalized spacial score (nSPS) is 10.9. The molecular formula is C19H14N4O2. The van der Waals surface area contributed by atoms with Crippen molar-refractivity contribution in [2.45, 2.75) is 0 Å². The largest absolute Gasteiger partial charge is 0.493 e. The number of hydrogen-bond donors (Lipinski definition) is 1. The topological polar surface area (TPSA) is 94.7 Å². The second-order valence-electron chi connectivity index (χ2n) is 5.13. The predicted molar refractivity (Wildman–Crippen MR) is 93.7 cm³/mol. The lowest BCUT2D eigenvalue weighted by atomic mass is 10.1. The van der Waals surface area contributed by atoms with E-state index in [1.807, 2.05) is 30.3 Å². The minimum absolute atomic E-state index is 0.0615. The van der Waals surface area contributed by atoms with Crippen molar-refractivity contribution in [3.8, 4) is 23.6 Å². The van der Waals surface area contributed by atoms with Gasteiger partial charge < -0.3 is 14.5 Å². The summed E-state index contributed by atoms with van der Waals surface area (Å²) < 4.78 is 10.6. The Morgan fingerprint density at radius 1 is 1.20 bits per heavy atom. The van der Waals surface area contributed by atoms with Crippen LogP contribution in [0.15, 0.2) is 42.5 Å². The number of methoxy groups -OCH3 is 1. The Labute approximate surface area is 144 Å². The number of nitrogens with zero attached hydrogens (tertiary/aromatic N) is 3. The highest BCUT2D eigenvalue weighted by atomic mass is 16.5. The SMILES string of the molecule is COc1cc(C=C(C#N)c2nc3ccccc3[nH]2)ccc1OCC#N. The van der Waals surface area contributed by atoms with Crippen LogP contribution in [0.3, 0.4) is 0 Å². The molecule has 0 atom stereocenters. The van der Waals surface area contributed by atoms with Gasteiger partial charge in [0, 0.05) is 0 Å². The zero-order valence-corrected chi connectivity index (χ0v) is 13.5. The van der Waals surface area contributed by atoms with Crippen LogP contribution in [-0.2, 0) is 0 Å². The zero-order chi connectivity index (χ0) is 17.6. The van der Waals surface area contributed by atoms with Crippen LogP contribution < -0.4 is 9.47 Å². The van der Waals surface area contributed by atoms with Gasteiger partial charge in [-0.2, -0.15) is 10.5 Å².